The Balaban J connectivity index is 2.10. The molecule has 0 aliphatic heterocycles. The molecule has 0 atom stereocenters. The molecule has 0 bridgehead atoms. The van der Waals surface area contributed by atoms with Gasteiger partial charge in [0.2, 0.25) is 0 Å². The lowest BCUT2D eigenvalue weighted by atomic mass is 9.99. The molecule has 1 N–H and O–H groups in total. The smallest absolute Gasteiger partial charge is 0.304 e. The second kappa shape index (κ2) is 5.74. The third kappa shape index (κ3) is 3.80. The van der Waals surface area contributed by atoms with Crippen molar-refractivity contribution in [1.29, 1.82) is 0 Å². The first-order valence-electron chi connectivity index (χ1n) is 7.00. The molecule has 1 fully saturated rings. The molecular formula is C16H23NO2. The van der Waals surface area contributed by atoms with Gasteiger partial charge in [0.1, 0.15) is 0 Å². The second-order valence-corrected chi connectivity index (χ2v) is 5.72. The molecule has 0 aromatic heterocycles. The van der Waals surface area contributed by atoms with E-state index < -0.39 is 5.97 Å². The van der Waals surface area contributed by atoms with E-state index in [1.807, 2.05) is 0 Å². The van der Waals surface area contributed by atoms with Gasteiger partial charge in [-0.1, -0.05) is 17.7 Å². The van der Waals surface area contributed by atoms with Gasteiger partial charge in [0.25, 0.3) is 0 Å². The molecule has 1 aromatic carbocycles. The van der Waals surface area contributed by atoms with Gasteiger partial charge >= 0.3 is 5.97 Å². The van der Waals surface area contributed by atoms with Crippen LogP contribution in [0.5, 0.6) is 0 Å². The minimum absolute atomic E-state index is 0.237. The average molecular weight is 261 g/mol. The van der Waals surface area contributed by atoms with E-state index in [1.165, 1.54) is 35.1 Å². The summed E-state index contributed by atoms with van der Waals surface area (Å²) in [6.07, 6.45) is 2.66. The van der Waals surface area contributed by atoms with Gasteiger partial charge in [-0.3, -0.25) is 9.69 Å². The third-order valence-corrected chi connectivity index (χ3v) is 3.88. The molecule has 1 saturated carbocycles. The molecule has 1 aliphatic rings. The number of carboxylic acid groups (broad SMARTS) is 1. The quantitative estimate of drug-likeness (QED) is 0.855. The Bertz CT molecular complexity index is 455. The molecule has 0 unspecified atom stereocenters. The topological polar surface area (TPSA) is 40.5 Å². The lowest BCUT2D eigenvalue weighted by molar-refractivity contribution is -0.137. The Morgan fingerprint density at radius 1 is 1.26 bits per heavy atom. The number of carbonyl (C=O) groups is 1. The van der Waals surface area contributed by atoms with E-state index in [2.05, 4.69) is 37.8 Å². The van der Waals surface area contributed by atoms with Crippen LogP contribution in [0.15, 0.2) is 12.1 Å². The van der Waals surface area contributed by atoms with Crippen LogP contribution in [0.4, 0.5) is 0 Å². The summed E-state index contributed by atoms with van der Waals surface area (Å²) in [5.74, 6) is -0.706. The van der Waals surface area contributed by atoms with Crippen molar-refractivity contribution in [3.63, 3.8) is 0 Å². The van der Waals surface area contributed by atoms with E-state index in [9.17, 15) is 4.79 Å². The van der Waals surface area contributed by atoms with Gasteiger partial charge in [0.05, 0.1) is 6.42 Å². The number of rotatable bonds is 6. The molecule has 104 valence electrons. The highest BCUT2D eigenvalue weighted by Crippen LogP contribution is 2.30. The molecule has 0 spiro atoms. The maximum atomic E-state index is 10.8. The van der Waals surface area contributed by atoms with Gasteiger partial charge in [-0.2, -0.15) is 0 Å². The van der Waals surface area contributed by atoms with Crippen molar-refractivity contribution in [1.82, 2.24) is 4.90 Å². The van der Waals surface area contributed by atoms with Crippen LogP contribution < -0.4 is 0 Å². The molecule has 3 heteroatoms. The van der Waals surface area contributed by atoms with Crippen molar-refractivity contribution in [2.45, 2.75) is 52.6 Å². The fraction of sp³-hybridized carbons (Fsp3) is 0.562. The summed E-state index contributed by atoms with van der Waals surface area (Å²) >= 11 is 0. The average Bonchev–Trinajstić information content (AvgIpc) is 3.10. The molecule has 2 rings (SSSR count). The first kappa shape index (κ1) is 14.1. The van der Waals surface area contributed by atoms with Crippen molar-refractivity contribution in [2.75, 3.05) is 6.54 Å². The first-order chi connectivity index (χ1) is 8.97. The van der Waals surface area contributed by atoms with Crippen LogP contribution in [0.1, 0.15) is 41.5 Å². The predicted molar refractivity (Wildman–Crippen MR) is 76.3 cm³/mol. The summed E-state index contributed by atoms with van der Waals surface area (Å²) < 4.78 is 0. The van der Waals surface area contributed by atoms with Crippen LogP contribution in [-0.4, -0.2) is 28.6 Å². The summed E-state index contributed by atoms with van der Waals surface area (Å²) in [4.78, 5) is 13.1. The molecule has 0 radical (unpaired) electrons. The normalized spacial score (nSPS) is 14.9. The van der Waals surface area contributed by atoms with Gasteiger partial charge < -0.3 is 5.11 Å². The van der Waals surface area contributed by atoms with E-state index in [0.29, 0.717) is 12.6 Å². The number of nitrogens with zero attached hydrogens (tertiary/aromatic N) is 1. The van der Waals surface area contributed by atoms with Crippen LogP contribution in [0.25, 0.3) is 0 Å². The van der Waals surface area contributed by atoms with Gasteiger partial charge in [0, 0.05) is 19.1 Å². The highest BCUT2D eigenvalue weighted by molar-refractivity contribution is 5.66. The van der Waals surface area contributed by atoms with Gasteiger partial charge in [-0.25, -0.2) is 0 Å². The van der Waals surface area contributed by atoms with Crippen molar-refractivity contribution in [3.8, 4) is 0 Å². The highest BCUT2D eigenvalue weighted by atomic mass is 16.4. The number of aliphatic carboxylic acids is 1. The van der Waals surface area contributed by atoms with Gasteiger partial charge in [-0.15, -0.1) is 0 Å². The van der Waals surface area contributed by atoms with E-state index in [1.54, 1.807) is 0 Å². The van der Waals surface area contributed by atoms with E-state index in [4.69, 9.17) is 5.11 Å². The summed E-state index contributed by atoms with van der Waals surface area (Å²) in [5.41, 5.74) is 5.29. The van der Waals surface area contributed by atoms with E-state index >= 15 is 0 Å². The SMILES string of the molecule is Cc1cc(C)c(CN(CCC(=O)O)C2CC2)c(C)c1. The van der Waals surface area contributed by atoms with E-state index in [0.717, 1.165) is 6.54 Å². The fourth-order valence-electron chi connectivity index (χ4n) is 2.73. The lowest BCUT2D eigenvalue weighted by Crippen LogP contribution is -2.28. The Labute approximate surface area is 115 Å². The summed E-state index contributed by atoms with van der Waals surface area (Å²) in [5, 5.41) is 8.85. The van der Waals surface area contributed by atoms with Crippen LogP contribution in [0.3, 0.4) is 0 Å². The lowest BCUT2D eigenvalue weighted by Gasteiger charge is -2.23. The maximum absolute atomic E-state index is 10.8. The number of hydrogen-bond donors (Lipinski definition) is 1. The van der Waals surface area contributed by atoms with Crippen molar-refractivity contribution >= 4 is 5.97 Å². The molecule has 19 heavy (non-hydrogen) atoms. The monoisotopic (exact) mass is 261 g/mol. The third-order valence-electron chi connectivity index (χ3n) is 3.88. The van der Waals surface area contributed by atoms with Crippen molar-refractivity contribution < 1.29 is 9.90 Å². The zero-order chi connectivity index (χ0) is 14.0. The van der Waals surface area contributed by atoms with Gasteiger partial charge in [-0.05, 0) is 50.3 Å². The first-order valence-corrected chi connectivity index (χ1v) is 7.00. The molecule has 0 saturated heterocycles. The molecular weight excluding hydrogens is 238 g/mol. The molecule has 0 amide bonds. The molecule has 3 nitrogen and oxygen atoms in total. The van der Waals surface area contributed by atoms with Crippen LogP contribution >= 0.6 is 0 Å². The zero-order valence-corrected chi connectivity index (χ0v) is 12.1. The molecule has 1 aromatic rings. The largest absolute Gasteiger partial charge is 0.481 e. The minimum atomic E-state index is -0.706. The Kier molecular flexibility index (Phi) is 4.25. The Morgan fingerprint density at radius 3 is 2.32 bits per heavy atom. The zero-order valence-electron chi connectivity index (χ0n) is 12.1. The number of aryl methyl sites for hydroxylation is 3. The van der Waals surface area contributed by atoms with Crippen LogP contribution in [0.2, 0.25) is 0 Å². The predicted octanol–water partition coefficient (Wildman–Crippen LogP) is 3.05. The number of carboxylic acids is 1. The Morgan fingerprint density at radius 2 is 1.84 bits per heavy atom. The maximum Gasteiger partial charge on any atom is 0.304 e. The number of hydrogen-bond acceptors (Lipinski definition) is 2. The summed E-state index contributed by atoms with van der Waals surface area (Å²) in [6.45, 7) is 7.96. The van der Waals surface area contributed by atoms with Gasteiger partial charge in [0.15, 0.2) is 0 Å². The molecule has 1 aliphatic carbocycles. The summed E-state index contributed by atoms with van der Waals surface area (Å²) in [6, 6.07) is 5.02. The van der Waals surface area contributed by atoms with Crippen LogP contribution in [-0.2, 0) is 11.3 Å². The van der Waals surface area contributed by atoms with Crippen molar-refractivity contribution in [3.05, 3.63) is 34.4 Å². The number of benzene rings is 1. The van der Waals surface area contributed by atoms with Crippen molar-refractivity contribution in [2.24, 2.45) is 0 Å². The minimum Gasteiger partial charge on any atom is -0.481 e. The molecule has 0 heterocycles. The fourth-order valence-corrected chi connectivity index (χ4v) is 2.73. The van der Waals surface area contributed by atoms with E-state index in [-0.39, 0.29) is 6.42 Å². The highest BCUT2D eigenvalue weighted by Gasteiger charge is 2.29. The second-order valence-electron chi connectivity index (χ2n) is 5.72. The standard InChI is InChI=1S/C16H23NO2/c1-11-8-12(2)15(13(3)9-11)10-17(14-4-5-14)7-6-16(18)19/h8-9,14H,4-7,10H2,1-3H3,(H,18,19). The summed E-state index contributed by atoms with van der Waals surface area (Å²) in [7, 11) is 0. The Hall–Kier alpha value is -1.35. The van der Waals surface area contributed by atoms with Crippen LogP contribution in [0, 0.1) is 20.8 Å².